The quantitative estimate of drug-likeness (QED) is 0.451. The van der Waals surface area contributed by atoms with Crippen molar-refractivity contribution in [3.63, 3.8) is 0 Å². The van der Waals surface area contributed by atoms with Gasteiger partial charge in [0.15, 0.2) is 0 Å². The van der Waals surface area contributed by atoms with Gasteiger partial charge in [-0.2, -0.15) is 0 Å². The smallest absolute Gasteiger partial charge is 0.0771 e. The molecule has 0 spiro atoms. The number of rotatable bonds is 4. The first-order valence-electron chi connectivity index (χ1n) is 2.71. The molecule has 0 heterocycles. The second kappa shape index (κ2) is 5.03. The number of aliphatic hydroxyl groups is 3. The van der Waals surface area contributed by atoms with Crippen LogP contribution in [-0.4, -0.2) is 34.6 Å². The Morgan fingerprint density at radius 1 is 1.25 bits per heavy atom. The van der Waals surface area contributed by atoms with E-state index in [1.165, 1.54) is 0 Å². The van der Waals surface area contributed by atoms with Gasteiger partial charge in [-0.3, -0.25) is 0 Å². The Labute approximate surface area is 48.6 Å². The fourth-order valence-electron chi connectivity index (χ4n) is 0.418. The summed E-state index contributed by atoms with van der Waals surface area (Å²) in [5.41, 5.74) is 0. The third kappa shape index (κ3) is 4.05. The fourth-order valence-corrected chi connectivity index (χ4v) is 0.418. The maximum absolute atomic E-state index is 8.63. The van der Waals surface area contributed by atoms with Crippen LogP contribution in [0.4, 0.5) is 0 Å². The van der Waals surface area contributed by atoms with Crippen molar-refractivity contribution in [1.29, 1.82) is 0 Å². The van der Waals surface area contributed by atoms with Gasteiger partial charge in [0, 0.05) is 6.61 Å². The predicted molar refractivity (Wildman–Crippen MR) is 29.4 cm³/mol. The highest BCUT2D eigenvalue weighted by Gasteiger charge is 1.98. The van der Waals surface area contributed by atoms with E-state index in [1.54, 1.807) is 0 Å². The first kappa shape index (κ1) is 7.88. The predicted octanol–water partition coefficient (Wildman–Crippen LogP) is -0.888. The van der Waals surface area contributed by atoms with E-state index in [1.807, 2.05) is 0 Å². The summed E-state index contributed by atoms with van der Waals surface area (Å²) in [6.45, 7) is -0.128. The molecule has 0 fully saturated rings. The molecular weight excluding hydrogens is 108 g/mol. The molecule has 0 aliphatic rings. The van der Waals surface area contributed by atoms with Gasteiger partial charge in [-0.15, -0.1) is 0 Å². The second-order valence-corrected chi connectivity index (χ2v) is 1.70. The topological polar surface area (TPSA) is 60.7 Å². The maximum atomic E-state index is 8.63. The molecule has 0 aliphatic carbocycles. The molecule has 3 heteroatoms. The van der Waals surface area contributed by atoms with Crippen LogP contribution in [0.25, 0.3) is 0 Å². The Bertz CT molecular complexity index is 46.9. The molecule has 0 aromatic carbocycles. The summed E-state index contributed by atoms with van der Waals surface area (Å²) in [6, 6.07) is 0. The lowest BCUT2D eigenvalue weighted by Crippen LogP contribution is -2.11. The summed E-state index contributed by atoms with van der Waals surface area (Å²) < 4.78 is 0. The van der Waals surface area contributed by atoms with E-state index in [9.17, 15) is 0 Å². The van der Waals surface area contributed by atoms with Gasteiger partial charge in [0.25, 0.3) is 0 Å². The van der Waals surface area contributed by atoms with Gasteiger partial charge in [-0.05, 0) is 12.8 Å². The Morgan fingerprint density at radius 3 is 2.25 bits per heavy atom. The third-order valence-electron chi connectivity index (χ3n) is 0.906. The van der Waals surface area contributed by atoms with Crippen LogP contribution in [0, 0.1) is 0 Å². The van der Waals surface area contributed by atoms with Crippen LogP contribution >= 0.6 is 0 Å². The molecule has 0 aliphatic heterocycles. The Balaban J connectivity index is 2.86. The van der Waals surface area contributed by atoms with Gasteiger partial charge in [0.1, 0.15) is 0 Å². The third-order valence-corrected chi connectivity index (χ3v) is 0.906. The van der Waals surface area contributed by atoms with Crippen molar-refractivity contribution >= 4 is 0 Å². The molecule has 0 aromatic heterocycles. The maximum Gasteiger partial charge on any atom is 0.0771 e. The average Bonchev–Trinajstić information content (AvgIpc) is 1.83. The normalized spacial score (nSPS) is 13.9. The fraction of sp³-hybridized carbons (Fsp3) is 1.00. The molecule has 0 aromatic rings. The molecule has 0 bridgehead atoms. The van der Waals surface area contributed by atoms with Crippen LogP contribution in [0.5, 0.6) is 0 Å². The molecule has 8 heavy (non-hydrogen) atoms. The summed E-state index contributed by atoms with van der Waals surface area (Å²) in [4.78, 5) is 0. The lowest BCUT2D eigenvalue weighted by atomic mass is 10.2. The van der Waals surface area contributed by atoms with Crippen molar-refractivity contribution < 1.29 is 15.3 Å². The SMILES string of the molecule is OCCC[C@H](O)CO. The van der Waals surface area contributed by atoms with Crippen LogP contribution in [0.15, 0.2) is 0 Å². The van der Waals surface area contributed by atoms with E-state index in [-0.39, 0.29) is 13.2 Å². The summed E-state index contributed by atoms with van der Waals surface area (Å²) in [7, 11) is 0. The first-order valence-corrected chi connectivity index (χ1v) is 2.71. The molecular formula is C5H12O3. The van der Waals surface area contributed by atoms with Crippen molar-refractivity contribution in [2.75, 3.05) is 13.2 Å². The lowest BCUT2D eigenvalue weighted by molar-refractivity contribution is 0.0817. The van der Waals surface area contributed by atoms with Crippen LogP contribution in [0.3, 0.4) is 0 Å². The number of aliphatic hydroxyl groups excluding tert-OH is 3. The molecule has 3 N–H and O–H groups in total. The summed E-state index contributed by atoms with van der Waals surface area (Å²) >= 11 is 0. The van der Waals surface area contributed by atoms with E-state index >= 15 is 0 Å². The largest absolute Gasteiger partial charge is 0.396 e. The standard InChI is InChI=1S/C5H12O3/c6-3-1-2-5(8)4-7/h5-8H,1-4H2/t5-/m0/s1. The van der Waals surface area contributed by atoms with Crippen LogP contribution in [-0.2, 0) is 0 Å². The molecule has 3 nitrogen and oxygen atoms in total. The zero-order chi connectivity index (χ0) is 6.41. The summed E-state index contributed by atoms with van der Waals surface area (Å²) in [5.74, 6) is 0. The minimum absolute atomic E-state index is 0.0804. The zero-order valence-corrected chi connectivity index (χ0v) is 4.75. The summed E-state index contributed by atoms with van der Waals surface area (Å²) in [5, 5.41) is 25.1. The van der Waals surface area contributed by atoms with Gasteiger partial charge in [-0.25, -0.2) is 0 Å². The second-order valence-electron chi connectivity index (χ2n) is 1.70. The number of hydrogen-bond donors (Lipinski definition) is 3. The van der Waals surface area contributed by atoms with E-state index in [2.05, 4.69) is 0 Å². The minimum atomic E-state index is -0.651. The van der Waals surface area contributed by atoms with Crippen molar-refractivity contribution in [3.05, 3.63) is 0 Å². The molecule has 0 unspecified atom stereocenters. The van der Waals surface area contributed by atoms with Crippen molar-refractivity contribution in [2.45, 2.75) is 18.9 Å². The molecule has 0 saturated heterocycles. The molecule has 0 saturated carbocycles. The van der Waals surface area contributed by atoms with Gasteiger partial charge in [0.2, 0.25) is 0 Å². The molecule has 50 valence electrons. The van der Waals surface area contributed by atoms with Gasteiger partial charge in [0.05, 0.1) is 12.7 Å². The average molecular weight is 120 g/mol. The molecule has 0 radical (unpaired) electrons. The monoisotopic (exact) mass is 120 g/mol. The van der Waals surface area contributed by atoms with E-state index in [4.69, 9.17) is 15.3 Å². The number of hydrogen-bond acceptors (Lipinski definition) is 3. The molecule has 0 rings (SSSR count). The highest BCUT2D eigenvalue weighted by Crippen LogP contribution is 1.92. The Hall–Kier alpha value is -0.120. The molecule has 0 amide bonds. The van der Waals surface area contributed by atoms with E-state index in [0.717, 1.165) is 0 Å². The lowest BCUT2D eigenvalue weighted by Gasteiger charge is -2.02. The van der Waals surface area contributed by atoms with Crippen LogP contribution < -0.4 is 0 Å². The molecule has 1 atom stereocenters. The summed E-state index contributed by atoms with van der Waals surface area (Å²) in [6.07, 6.45) is 0.386. The van der Waals surface area contributed by atoms with Crippen molar-refractivity contribution in [3.8, 4) is 0 Å². The first-order chi connectivity index (χ1) is 3.81. The Kier molecular flexibility index (Phi) is 4.95. The zero-order valence-electron chi connectivity index (χ0n) is 4.75. The minimum Gasteiger partial charge on any atom is -0.396 e. The highest BCUT2D eigenvalue weighted by molar-refractivity contribution is 4.50. The van der Waals surface area contributed by atoms with Crippen molar-refractivity contribution in [1.82, 2.24) is 0 Å². The van der Waals surface area contributed by atoms with Gasteiger partial charge in [-0.1, -0.05) is 0 Å². The van der Waals surface area contributed by atoms with Gasteiger partial charge < -0.3 is 15.3 Å². The van der Waals surface area contributed by atoms with E-state index < -0.39 is 6.10 Å². The van der Waals surface area contributed by atoms with Crippen LogP contribution in [0.2, 0.25) is 0 Å². The highest BCUT2D eigenvalue weighted by atomic mass is 16.3. The van der Waals surface area contributed by atoms with Gasteiger partial charge >= 0.3 is 0 Å². The Morgan fingerprint density at radius 2 is 1.88 bits per heavy atom. The van der Waals surface area contributed by atoms with E-state index in [0.29, 0.717) is 12.8 Å². The van der Waals surface area contributed by atoms with Crippen LogP contribution in [0.1, 0.15) is 12.8 Å². The van der Waals surface area contributed by atoms with Crippen molar-refractivity contribution in [2.24, 2.45) is 0 Å².